The number of pyridine rings is 2. The Morgan fingerprint density at radius 2 is 2.00 bits per heavy atom. The molecular weight excluding hydrogens is 322 g/mol. The normalized spacial score (nSPS) is 10.9. The van der Waals surface area contributed by atoms with Crippen LogP contribution in [0, 0.1) is 0 Å². The Bertz CT molecular complexity index is 822. The second-order valence-corrected chi connectivity index (χ2v) is 5.42. The molecule has 0 radical (unpaired) electrons. The number of aromatic nitrogens is 4. The van der Waals surface area contributed by atoms with Gasteiger partial charge in [-0.3, -0.25) is 14.9 Å². The van der Waals surface area contributed by atoms with Crippen LogP contribution >= 0.6 is 0 Å². The highest BCUT2D eigenvalue weighted by Gasteiger charge is 2.15. The Labute approximate surface area is 145 Å². The molecule has 0 aliphatic rings. The predicted octanol–water partition coefficient (Wildman–Crippen LogP) is 2.18. The van der Waals surface area contributed by atoms with Crippen LogP contribution < -0.4 is 9.47 Å². The number of hydrogen-bond acceptors (Lipinski definition) is 8. The third-order valence-corrected chi connectivity index (χ3v) is 3.58. The molecule has 8 nitrogen and oxygen atoms in total. The van der Waals surface area contributed by atoms with Crippen molar-refractivity contribution in [1.82, 2.24) is 25.0 Å². The van der Waals surface area contributed by atoms with Crippen molar-refractivity contribution in [2.45, 2.75) is 13.1 Å². The van der Waals surface area contributed by atoms with E-state index in [0.29, 0.717) is 36.3 Å². The van der Waals surface area contributed by atoms with E-state index in [0.717, 1.165) is 11.3 Å². The molecule has 25 heavy (non-hydrogen) atoms. The number of methoxy groups -OCH3 is 2. The molecule has 3 aromatic rings. The summed E-state index contributed by atoms with van der Waals surface area (Å²) in [5.41, 5.74) is 1.59. The standard InChI is InChI=1S/C17H19N5O3/c1-22(10-13-16(24-3)14(23-2)6-8-19-13)11-15-20-17(21-25-15)12-5-4-7-18-9-12/h4-9H,10-11H2,1-3H3. The zero-order valence-corrected chi connectivity index (χ0v) is 14.3. The smallest absolute Gasteiger partial charge is 0.241 e. The molecule has 0 aromatic carbocycles. The van der Waals surface area contributed by atoms with Crippen LogP contribution in [0.3, 0.4) is 0 Å². The molecule has 0 aliphatic heterocycles. The maximum Gasteiger partial charge on any atom is 0.241 e. The highest BCUT2D eigenvalue weighted by molar-refractivity contribution is 5.51. The van der Waals surface area contributed by atoms with Gasteiger partial charge in [-0.1, -0.05) is 5.16 Å². The zero-order valence-electron chi connectivity index (χ0n) is 14.3. The van der Waals surface area contributed by atoms with Crippen LogP contribution in [0.15, 0.2) is 41.3 Å². The SMILES string of the molecule is COc1ccnc(CN(C)Cc2nc(-c3cccnc3)no2)c1OC. The van der Waals surface area contributed by atoms with Gasteiger partial charge in [0.05, 0.1) is 20.8 Å². The van der Waals surface area contributed by atoms with Gasteiger partial charge in [-0.25, -0.2) is 0 Å². The molecule has 0 saturated heterocycles. The number of nitrogens with zero attached hydrogens (tertiary/aromatic N) is 5. The maximum atomic E-state index is 5.41. The first-order valence-electron chi connectivity index (χ1n) is 7.68. The second-order valence-electron chi connectivity index (χ2n) is 5.42. The van der Waals surface area contributed by atoms with Gasteiger partial charge in [0.2, 0.25) is 11.7 Å². The lowest BCUT2D eigenvalue weighted by Gasteiger charge is -2.17. The highest BCUT2D eigenvalue weighted by atomic mass is 16.5. The lowest BCUT2D eigenvalue weighted by molar-refractivity contribution is 0.253. The molecule has 0 unspecified atom stereocenters. The van der Waals surface area contributed by atoms with Gasteiger partial charge in [-0.15, -0.1) is 0 Å². The maximum absolute atomic E-state index is 5.41. The van der Waals surface area contributed by atoms with E-state index in [9.17, 15) is 0 Å². The molecule has 3 rings (SSSR count). The average Bonchev–Trinajstić information content (AvgIpc) is 3.10. The van der Waals surface area contributed by atoms with E-state index in [1.165, 1.54) is 0 Å². The molecule has 0 saturated carbocycles. The van der Waals surface area contributed by atoms with Gasteiger partial charge in [0, 0.05) is 36.8 Å². The first-order valence-corrected chi connectivity index (χ1v) is 7.68. The van der Waals surface area contributed by atoms with Crippen molar-refractivity contribution in [2.75, 3.05) is 21.3 Å². The van der Waals surface area contributed by atoms with Gasteiger partial charge >= 0.3 is 0 Å². The molecule has 0 aliphatic carbocycles. The lowest BCUT2D eigenvalue weighted by Crippen LogP contribution is -2.19. The quantitative estimate of drug-likeness (QED) is 0.646. The fourth-order valence-corrected chi connectivity index (χ4v) is 2.44. The van der Waals surface area contributed by atoms with Gasteiger partial charge in [0.15, 0.2) is 11.5 Å². The molecule has 0 N–H and O–H groups in total. The van der Waals surface area contributed by atoms with E-state index in [1.54, 1.807) is 38.9 Å². The molecule has 8 heteroatoms. The predicted molar refractivity (Wildman–Crippen MR) is 90.0 cm³/mol. The minimum Gasteiger partial charge on any atom is -0.493 e. The molecular formula is C17H19N5O3. The Morgan fingerprint density at radius 3 is 2.72 bits per heavy atom. The van der Waals surface area contributed by atoms with E-state index in [2.05, 4.69) is 20.1 Å². The minimum absolute atomic E-state index is 0.481. The van der Waals surface area contributed by atoms with Crippen molar-refractivity contribution in [3.05, 3.63) is 48.4 Å². The number of ether oxygens (including phenoxy) is 2. The van der Waals surface area contributed by atoms with Gasteiger partial charge in [-0.05, 0) is 19.2 Å². The zero-order chi connectivity index (χ0) is 17.6. The largest absolute Gasteiger partial charge is 0.493 e. The van der Waals surface area contributed by atoms with Gasteiger partial charge in [-0.2, -0.15) is 4.98 Å². The van der Waals surface area contributed by atoms with E-state index < -0.39 is 0 Å². The summed E-state index contributed by atoms with van der Waals surface area (Å²) < 4.78 is 16.0. The first kappa shape index (κ1) is 16.8. The topological polar surface area (TPSA) is 86.4 Å². The van der Waals surface area contributed by atoms with Gasteiger partial charge in [0.1, 0.15) is 5.69 Å². The molecule has 0 spiro atoms. The van der Waals surface area contributed by atoms with Gasteiger partial charge < -0.3 is 14.0 Å². The van der Waals surface area contributed by atoms with E-state index in [-0.39, 0.29) is 0 Å². The van der Waals surface area contributed by atoms with Crippen molar-refractivity contribution < 1.29 is 14.0 Å². The third-order valence-electron chi connectivity index (χ3n) is 3.58. The minimum atomic E-state index is 0.481. The monoisotopic (exact) mass is 341 g/mol. The Hall–Kier alpha value is -3.00. The van der Waals surface area contributed by atoms with Crippen molar-refractivity contribution in [3.63, 3.8) is 0 Å². The summed E-state index contributed by atoms with van der Waals surface area (Å²) in [5, 5.41) is 3.99. The molecule has 0 fully saturated rings. The van der Waals surface area contributed by atoms with Crippen molar-refractivity contribution >= 4 is 0 Å². The molecule has 3 aromatic heterocycles. The second kappa shape index (κ2) is 7.71. The van der Waals surface area contributed by atoms with Crippen molar-refractivity contribution in [3.8, 4) is 22.9 Å². The Kier molecular flexibility index (Phi) is 5.20. The lowest BCUT2D eigenvalue weighted by atomic mass is 10.3. The molecule has 130 valence electrons. The summed E-state index contributed by atoms with van der Waals surface area (Å²) in [6.45, 7) is 1.03. The Balaban J connectivity index is 1.69. The van der Waals surface area contributed by atoms with Crippen LogP contribution in [0.1, 0.15) is 11.6 Å². The molecule has 0 amide bonds. The fraction of sp³-hybridized carbons (Fsp3) is 0.294. The summed E-state index contributed by atoms with van der Waals surface area (Å²) in [4.78, 5) is 14.8. The molecule has 3 heterocycles. The molecule has 0 atom stereocenters. The van der Waals surface area contributed by atoms with Crippen molar-refractivity contribution in [1.29, 1.82) is 0 Å². The third kappa shape index (κ3) is 3.92. The van der Waals surface area contributed by atoms with E-state index in [1.807, 2.05) is 24.1 Å². The van der Waals surface area contributed by atoms with Crippen LogP contribution in [0.5, 0.6) is 11.5 Å². The summed E-state index contributed by atoms with van der Waals surface area (Å²) >= 11 is 0. The van der Waals surface area contributed by atoms with Crippen LogP contribution in [0.25, 0.3) is 11.4 Å². The summed E-state index contributed by atoms with van der Waals surface area (Å²) in [7, 11) is 5.14. The number of rotatable bonds is 7. The average molecular weight is 341 g/mol. The van der Waals surface area contributed by atoms with Crippen LogP contribution in [-0.4, -0.2) is 46.3 Å². The van der Waals surface area contributed by atoms with E-state index >= 15 is 0 Å². The van der Waals surface area contributed by atoms with Crippen LogP contribution in [-0.2, 0) is 13.1 Å². The van der Waals surface area contributed by atoms with Crippen LogP contribution in [0.4, 0.5) is 0 Å². The van der Waals surface area contributed by atoms with Gasteiger partial charge in [0.25, 0.3) is 0 Å². The summed E-state index contributed by atoms with van der Waals surface area (Å²) in [5.74, 6) is 2.31. The Morgan fingerprint density at radius 1 is 1.12 bits per heavy atom. The first-order chi connectivity index (χ1) is 12.2. The number of hydrogen-bond donors (Lipinski definition) is 0. The van der Waals surface area contributed by atoms with E-state index in [4.69, 9.17) is 14.0 Å². The van der Waals surface area contributed by atoms with Crippen LogP contribution in [0.2, 0.25) is 0 Å². The fourth-order valence-electron chi connectivity index (χ4n) is 2.44. The van der Waals surface area contributed by atoms with Crippen molar-refractivity contribution in [2.24, 2.45) is 0 Å². The highest BCUT2D eigenvalue weighted by Crippen LogP contribution is 2.29. The molecule has 0 bridgehead atoms. The summed E-state index contributed by atoms with van der Waals surface area (Å²) in [6.07, 6.45) is 5.09. The summed E-state index contributed by atoms with van der Waals surface area (Å²) in [6, 6.07) is 5.48.